The number of halogens is 2. The summed E-state index contributed by atoms with van der Waals surface area (Å²) >= 11 is 11.9. The topological polar surface area (TPSA) is 88.7 Å². The lowest BCUT2D eigenvalue weighted by Crippen LogP contribution is -2.49. The molecule has 0 heterocycles. The van der Waals surface area contributed by atoms with Gasteiger partial charge in [0.25, 0.3) is 11.8 Å². The van der Waals surface area contributed by atoms with Crippen molar-refractivity contribution in [2.45, 2.75) is 0 Å². The van der Waals surface area contributed by atoms with Gasteiger partial charge in [-0.15, -0.1) is 0 Å². The van der Waals surface area contributed by atoms with E-state index in [0.717, 1.165) is 15.2 Å². The lowest BCUT2D eigenvalue weighted by molar-refractivity contribution is -0.123. The maximum Gasteiger partial charge on any atom is 0.276 e. The van der Waals surface area contributed by atoms with Gasteiger partial charge in [0.05, 0.1) is 17.1 Å². The van der Waals surface area contributed by atoms with E-state index in [1.54, 1.807) is 24.3 Å². The number of nitrogens with one attached hydrogen (secondary N) is 3. The molecule has 31 heavy (non-hydrogen) atoms. The van der Waals surface area contributed by atoms with Gasteiger partial charge in [-0.25, -0.2) is 0 Å². The van der Waals surface area contributed by atoms with Crippen molar-refractivity contribution in [2.24, 2.45) is 0 Å². The summed E-state index contributed by atoms with van der Waals surface area (Å²) in [6, 6.07) is 16.5. The monoisotopic (exact) mass is 565 g/mol. The average molecular weight is 567 g/mol. The van der Waals surface area contributed by atoms with E-state index < -0.39 is 11.8 Å². The summed E-state index contributed by atoms with van der Waals surface area (Å²) in [5, 5.41) is 4.43. The number of amides is 2. The molecule has 2 amide bonds. The standard InChI is InChI=1S/C21H17Br2N3O4S/c1-29-16-9-7-13(22)10-15(16)20(28)24-21(31)26-25-18(27)11-30-17-8-6-12-4-2-3-5-14(12)19(17)23/h2-10H,11H2,1H3,(H,25,27)(H2,24,26,28,31). The number of thiocarbonyl (C=S) groups is 1. The Labute approximate surface area is 200 Å². The number of benzene rings is 3. The summed E-state index contributed by atoms with van der Waals surface area (Å²) in [6.45, 7) is -0.250. The molecule has 0 radical (unpaired) electrons. The molecular formula is C21H17Br2N3O4S. The van der Waals surface area contributed by atoms with Crippen LogP contribution in [0.1, 0.15) is 10.4 Å². The molecule has 0 bridgehead atoms. The van der Waals surface area contributed by atoms with Gasteiger partial charge >= 0.3 is 0 Å². The molecule has 0 fully saturated rings. The first-order valence-corrected chi connectivity index (χ1v) is 10.9. The zero-order valence-corrected chi connectivity index (χ0v) is 20.2. The fourth-order valence-corrected chi connectivity index (χ4v) is 3.80. The molecule has 3 rings (SSSR count). The zero-order valence-electron chi connectivity index (χ0n) is 16.2. The minimum absolute atomic E-state index is 0.0766. The maximum absolute atomic E-state index is 12.4. The van der Waals surface area contributed by atoms with Gasteiger partial charge in [0.2, 0.25) is 0 Å². The van der Waals surface area contributed by atoms with E-state index in [1.807, 2.05) is 30.3 Å². The van der Waals surface area contributed by atoms with Crippen LogP contribution in [0.2, 0.25) is 0 Å². The van der Waals surface area contributed by atoms with Crippen LogP contribution in [-0.4, -0.2) is 30.6 Å². The largest absolute Gasteiger partial charge is 0.496 e. The SMILES string of the molecule is COc1ccc(Br)cc1C(=O)NC(=S)NNC(=O)COc1ccc2ccccc2c1Br. The Morgan fingerprint density at radius 2 is 1.74 bits per heavy atom. The van der Waals surface area contributed by atoms with Gasteiger partial charge in [-0.1, -0.05) is 46.3 Å². The minimum Gasteiger partial charge on any atom is -0.496 e. The summed E-state index contributed by atoms with van der Waals surface area (Å²) in [5.41, 5.74) is 5.14. The van der Waals surface area contributed by atoms with Crippen LogP contribution in [0.25, 0.3) is 10.8 Å². The number of carbonyl (C=O) groups excluding carboxylic acids is 2. The molecule has 0 aliphatic rings. The molecule has 160 valence electrons. The number of fused-ring (bicyclic) bond motifs is 1. The highest BCUT2D eigenvalue weighted by Crippen LogP contribution is 2.32. The van der Waals surface area contributed by atoms with Crippen molar-refractivity contribution in [3.8, 4) is 11.5 Å². The number of carbonyl (C=O) groups is 2. The third-order valence-corrected chi connectivity index (χ3v) is 5.65. The molecule has 3 aromatic rings. The van der Waals surface area contributed by atoms with Crippen molar-refractivity contribution in [2.75, 3.05) is 13.7 Å². The summed E-state index contributed by atoms with van der Waals surface area (Å²) in [5.74, 6) is -0.0358. The van der Waals surface area contributed by atoms with Crippen LogP contribution in [-0.2, 0) is 4.79 Å². The van der Waals surface area contributed by atoms with E-state index in [2.05, 4.69) is 48.0 Å². The molecule has 0 saturated carbocycles. The Balaban J connectivity index is 1.51. The van der Waals surface area contributed by atoms with Crippen molar-refractivity contribution in [3.63, 3.8) is 0 Å². The lowest BCUT2D eigenvalue weighted by Gasteiger charge is -2.13. The van der Waals surface area contributed by atoms with Crippen molar-refractivity contribution < 1.29 is 19.1 Å². The summed E-state index contributed by atoms with van der Waals surface area (Å²) in [6.07, 6.45) is 0. The van der Waals surface area contributed by atoms with E-state index in [4.69, 9.17) is 21.7 Å². The van der Waals surface area contributed by atoms with Gasteiger partial charge in [-0.3, -0.25) is 25.8 Å². The average Bonchev–Trinajstić information content (AvgIpc) is 2.77. The normalized spacial score (nSPS) is 10.3. The first-order valence-electron chi connectivity index (χ1n) is 8.93. The van der Waals surface area contributed by atoms with Gasteiger partial charge in [-0.2, -0.15) is 0 Å². The summed E-state index contributed by atoms with van der Waals surface area (Å²) < 4.78 is 12.2. The number of hydrazine groups is 1. The molecular weight excluding hydrogens is 550 g/mol. The van der Waals surface area contributed by atoms with Crippen LogP contribution >= 0.6 is 44.1 Å². The summed E-state index contributed by atoms with van der Waals surface area (Å²) in [4.78, 5) is 24.5. The highest BCUT2D eigenvalue weighted by Gasteiger charge is 2.15. The lowest BCUT2D eigenvalue weighted by atomic mass is 10.1. The molecule has 0 aromatic heterocycles. The molecule has 3 aromatic carbocycles. The third-order valence-electron chi connectivity index (χ3n) is 4.14. The van der Waals surface area contributed by atoms with E-state index in [-0.39, 0.29) is 17.3 Å². The number of hydrogen-bond donors (Lipinski definition) is 3. The molecule has 0 unspecified atom stereocenters. The van der Waals surface area contributed by atoms with E-state index in [1.165, 1.54) is 7.11 Å². The second-order valence-electron chi connectivity index (χ2n) is 6.19. The Hall–Kier alpha value is -2.69. The number of hydrogen-bond acceptors (Lipinski definition) is 5. The molecule has 0 aliphatic heterocycles. The minimum atomic E-state index is -0.485. The molecule has 0 spiro atoms. The van der Waals surface area contributed by atoms with Crippen molar-refractivity contribution in [3.05, 3.63) is 69.1 Å². The second kappa shape index (κ2) is 10.6. The van der Waals surface area contributed by atoms with Gasteiger partial charge in [0, 0.05) is 4.47 Å². The molecule has 10 heteroatoms. The molecule has 7 nitrogen and oxygen atoms in total. The Kier molecular flexibility index (Phi) is 7.83. The molecule has 0 aliphatic carbocycles. The predicted octanol–water partition coefficient (Wildman–Crippen LogP) is 4.09. The van der Waals surface area contributed by atoms with Gasteiger partial charge in [0.15, 0.2) is 11.7 Å². The van der Waals surface area contributed by atoms with Crippen molar-refractivity contribution in [1.29, 1.82) is 0 Å². The quantitative estimate of drug-likeness (QED) is 0.318. The number of rotatable bonds is 5. The van der Waals surface area contributed by atoms with E-state index in [9.17, 15) is 9.59 Å². The summed E-state index contributed by atoms with van der Waals surface area (Å²) in [7, 11) is 1.46. The number of ether oxygens (including phenoxy) is 2. The van der Waals surface area contributed by atoms with E-state index >= 15 is 0 Å². The Bertz CT molecular complexity index is 1160. The van der Waals surface area contributed by atoms with Crippen LogP contribution in [0.3, 0.4) is 0 Å². The van der Waals surface area contributed by atoms with Crippen molar-refractivity contribution in [1.82, 2.24) is 16.2 Å². The van der Waals surface area contributed by atoms with Crippen LogP contribution < -0.4 is 25.6 Å². The fraction of sp³-hybridized carbons (Fsp3) is 0.0952. The first-order chi connectivity index (χ1) is 14.9. The van der Waals surface area contributed by atoms with Crippen LogP contribution in [0.4, 0.5) is 0 Å². The Morgan fingerprint density at radius 1 is 1.00 bits per heavy atom. The molecule has 0 atom stereocenters. The third kappa shape index (κ3) is 5.93. The van der Waals surface area contributed by atoms with Gasteiger partial charge in [0.1, 0.15) is 11.5 Å². The highest BCUT2D eigenvalue weighted by atomic mass is 79.9. The van der Waals surface area contributed by atoms with Crippen molar-refractivity contribution >= 4 is 71.8 Å². The zero-order chi connectivity index (χ0) is 22.4. The fourth-order valence-electron chi connectivity index (χ4n) is 2.69. The number of methoxy groups -OCH3 is 1. The maximum atomic E-state index is 12.4. The van der Waals surface area contributed by atoms with E-state index in [0.29, 0.717) is 16.0 Å². The predicted molar refractivity (Wildman–Crippen MR) is 129 cm³/mol. The Morgan fingerprint density at radius 3 is 2.52 bits per heavy atom. The molecule has 0 saturated heterocycles. The van der Waals surface area contributed by atoms with Crippen LogP contribution in [0, 0.1) is 0 Å². The highest BCUT2D eigenvalue weighted by molar-refractivity contribution is 9.11. The first kappa shape index (κ1) is 23.0. The van der Waals surface area contributed by atoms with Crippen LogP contribution in [0.5, 0.6) is 11.5 Å². The molecule has 3 N–H and O–H groups in total. The van der Waals surface area contributed by atoms with Crippen LogP contribution in [0.15, 0.2) is 63.5 Å². The van der Waals surface area contributed by atoms with Gasteiger partial charge in [-0.05, 0) is 63.2 Å². The second-order valence-corrected chi connectivity index (χ2v) is 8.31. The smallest absolute Gasteiger partial charge is 0.276 e. The van der Waals surface area contributed by atoms with Gasteiger partial charge < -0.3 is 9.47 Å².